The first-order valence-electron chi connectivity index (χ1n) is 4.85. The van der Waals surface area contributed by atoms with Gasteiger partial charge in [0.25, 0.3) is 0 Å². The van der Waals surface area contributed by atoms with Crippen molar-refractivity contribution in [2.75, 3.05) is 7.05 Å². The van der Waals surface area contributed by atoms with Crippen molar-refractivity contribution in [2.45, 2.75) is 19.9 Å². The summed E-state index contributed by atoms with van der Waals surface area (Å²) >= 11 is 12.1. The molecular formula is C12H15Cl2N. The summed E-state index contributed by atoms with van der Waals surface area (Å²) in [6.07, 6.45) is 2.02. The molecule has 1 rings (SSSR count). The Morgan fingerprint density at radius 2 is 1.87 bits per heavy atom. The molecule has 82 valence electrons. The van der Waals surface area contributed by atoms with Crippen LogP contribution in [0.25, 0.3) is 6.08 Å². The third-order valence-electron chi connectivity index (χ3n) is 2.49. The lowest BCUT2D eigenvalue weighted by Crippen LogP contribution is -2.21. The van der Waals surface area contributed by atoms with Crippen LogP contribution in [0.15, 0.2) is 23.8 Å². The smallest absolute Gasteiger partial charge is 0.0493 e. The minimum atomic E-state index is 0.317. The molecule has 0 heterocycles. The van der Waals surface area contributed by atoms with Crippen molar-refractivity contribution in [3.8, 4) is 0 Å². The van der Waals surface area contributed by atoms with Crippen LogP contribution in [0.1, 0.15) is 19.4 Å². The second-order valence-electron chi connectivity index (χ2n) is 3.53. The third kappa shape index (κ3) is 3.23. The third-order valence-corrected chi connectivity index (χ3v) is 3.15. The van der Waals surface area contributed by atoms with E-state index in [1.807, 2.05) is 31.3 Å². The molecule has 0 amide bonds. The Kier molecular flexibility index (Phi) is 4.65. The minimum Gasteiger partial charge on any atom is -0.314 e. The Morgan fingerprint density at radius 3 is 2.33 bits per heavy atom. The molecule has 0 fully saturated rings. The van der Waals surface area contributed by atoms with E-state index in [-0.39, 0.29) is 0 Å². The summed E-state index contributed by atoms with van der Waals surface area (Å²) in [6, 6.07) is 5.85. The maximum Gasteiger partial charge on any atom is 0.0493 e. The van der Waals surface area contributed by atoms with Gasteiger partial charge >= 0.3 is 0 Å². The summed E-state index contributed by atoms with van der Waals surface area (Å²) < 4.78 is 0. The lowest BCUT2D eigenvalue weighted by Gasteiger charge is -2.11. The molecule has 0 spiro atoms. The van der Waals surface area contributed by atoms with Gasteiger partial charge in [-0.25, -0.2) is 0 Å². The molecule has 0 bridgehead atoms. The van der Waals surface area contributed by atoms with E-state index < -0.39 is 0 Å². The lowest BCUT2D eigenvalue weighted by molar-refractivity contribution is 0.696. The average Bonchev–Trinajstić information content (AvgIpc) is 2.22. The predicted molar refractivity (Wildman–Crippen MR) is 68.6 cm³/mol. The summed E-state index contributed by atoms with van der Waals surface area (Å²) in [5, 5.41) is 4.54. The van der Waals surface area contributed by atoms with Crippen molar-refractivity contribution in [3.63, 3.8) is 0 Å². The van der Waals surface area contributed by atoms with Crippen LogP contribution in [0.2, 0.25) is 10.0 Å². The highest BCUT2D eigenvalue weighted by molar-refractivity contribution is 6.37. The van der Waals surface area contributed by atoms with E-state index in [1.54, 1.807) is 0 Å². The Balaban J connectivity index is 3.07. The molecule has 1 atom stereocenters. The molecule has 0 saturated heterocycles. The molecule has 0 aromatic heterocycles. The number of hydrogen-bond acceptors (Lipinski definition) is 1. The van der Waals surface area contributed by atoms with E-state index in [4.69, 9.17) is 23.2 Å². The highest BCUT2D eigenvalue weighted by Crippen LogP contribution is 2.26. The number of likely N-dealkylation sites (N-methyl/N-ethyl adjacent to an activating group) is 1. The fourth-order valence-electron chi connectivity index (χ4n) is 1.23. The van der Waals surface area contributed by atoms with E-state index in [1.165, 1.54) is 5.57 Å². The zero-order valence-electron chi connectivity index (χ0n) is 9.14. The van der Waals surface area contributed by atoms with Crippen LogP contribution in [0, 0.1) is 0 Å². The number of halogens is 2. The average molecular weight is 244 g/mol. The second kappa shape index (κ2) is 5.55. The first kappa shape index (κ1) is 12.6. The Morgan fingerprint density at radius 1 is 1.33 bits per heavy atom. The first-order chi connectivity index (χ1) is 7.06. The maximum absolute atomic E-state index is 6.07. The molecule has 1 aromatic carbocycles. The second-order valence-corrected chi connectivity index (χ2v) is 4.35. The normalized spacial score (nSPS) is 14.1. The Bertz CT molecular complexity index is 352. The maximum atomic E-state index is 6.07. The molecule has 0 aliphatic heterocycles. The van der Waals surface area contributed by atoms with Crippen LogP contribution in [0.5, 0.6) is 0 Å². The van der Waals surface area contributed by atoms with Crippen molar-refractivity contribution in [2.24, 2.45) is 0 Å². The van der Waals surface area contributed by atoms with Gasteiger partial charge in [-0.05, 0) is 33.0 Å². The summed E-state index contributed by atoms with van der Waals surface area (Å²) in [6.45, 7) is 4.15. The zero-order valence-corrected chi connectivity index (χ0v) is 10.7. The van der Waals surface area contributed by atoms with Gasteiger partial charge in [0.2, 0.25) is 0 Å². The van der Waals surface area contributed by atoms with Gasteiger partial charge in [-0.15, -0.1) is 0 Å². The van der Waals surface area contributed by atoms with Gasteiger partial charge in [-0.1, -0.05) is 40.9 Å². The quantitative estimate of drug-likeness (QED) is 0.847. The Hall–Kier alpha value is -0.500. The largest absolute Gasteiger partial charge is 0.314 e. The van der Waals surface area contributed by atoms with Crippen molar-refractivity contribution in [1.82, 2.24) is 5.32 Å². The fraction of sp³-hybridized carbons (Fsp3) is 0.333. The Labute approximate surface area is 101 Å². The van der Waals surface area contributed by atoms with E-state index in [9.17, 15) is 0 Å². The molecule has 1 N–H and O–H groups in total. The van der Waals surface area contributed by atoms with Gasteiger partial charge in [0.05, 0.1) is 0 Å². The van der Waals surface area contributed by atoms with E-state index >= 15 is 0 Å². The van der Waals surface area contributed by atoms with Gasteiger partial charge in [0, 0.05) is 21.7 Å². The van der Waals surface area contributed by atoms with Crippen molar-refractivity contribution >= 4 is 29.3 Å². The topological polar surface area (TPSA) is 12.0 Å². The molecule has 0 radical (unpaired) electrons. The van der Waals surface area contributed by atoms with Crippen molar-refractivity contribution < 1.29 is 0 Å². The summed E-state index contributed by atoms with van der Waals surface area (Å²) in [4.78, 5) is 0. The number of nitrogens with one attached hydrogen (secondary N) is 1. The molecule has 1 unspecified atom stereocenters. The molecule has 1 aromatic rings. The van der Waals surface area contributed by atoms with Gasteiger partial charge < -0.3 is 5.32 Å². The van der Waals surface area contributed by atoms with Gasteiger partial charge in [0.15, 0.2) is 0 Å². The van der Waals surface area contributed by atoms with Crippen LogP contribution < -0.4 is 5.32 Å². The molecule has 3 heteroatoms. The highest BCUT2D eigenvalue weighted by atomic mass is 35.5. The zero-order chi connectivity index (χ0) is 11.4. The van der Waals surface area contributed by atoms with Crippen LogP contribution in [0.4, 0.5) is 0 Å². The van der Waals surface area contributed by atoms with E-state index in [0.717, 1.165) is 5.56 Å². The first-order valence-corrected chi connectivity index (χ1v) is 5.61. The van der Waals surface area contributed by atoms with E-state index in [0.29, 0.717) is 16.1 Å². The molecular weight excluding hydrogens is 229 g/mol. The summed E-state index contributed by atoms with van der Waals surface area (Å²) in [5.41, 5.74) is 2.09. The molecule has 0 aliphatic carbocycles. The van der Waals surface area contributed by atoms with Gasteiger partial charge in [-0.3, -0.25) is 0 Å². The van der Waals surface area contributed by atoms with E-state index in [2.05, 4.69) is 19.2 Å². The number of hydrogen-bond donors (Lipinski definition) is 1. The monoisotopic (exact) mass is 243 g/mol. The predicted octanol–water partition coefficient (Wildman–Crippen LogP) is 4.00. The molecule has 1 nitrogen and oxygen atoms in total. The summed E-state index contributed by atoms with van der Waals surface area (Å²) in [5.74, 6) is 0. The number of benzene rings is 1. The number of rotatable bonds is 3. The van der Waals surface area contributed by atoms with Crippen LogP contribution in [-0.2, 0) is 0 Å². The van der Waals surface area contributed by atoms with Crippen LogP contribution in [-0.4, -0.2) is 13.1 Å². The molecule has 0 aliphatic rings. The van der Waals surface area contributed by atoms with Gasteiger partial charge in [0.1, 0.15) is 0 Å². The fourth-order valence-corrected chi connectivity index (χ4v) is 1.74. The SMILES string of the molecule is CNC(C)/C(C)=C/c1c(Cl)cccc1Cl. The minimum absolute atomic E-state index is 0.317. The van der Waals surface area contributed by atoms with Crippen LogP contribution >= 0.6 is 23.2 Å². The van der Waals surface area contributed by atoms with Gasteiger partial charge in [-0.2, -0.15) is 0 Å². The lowest BCUT2D eigenvalue weighted by atomic mass is 10.1. The molecule has 15 heavy (non-hydrogen) atoms. The molecule has 0 saturated carbocycles. The summed E-state index contributed by atoms with van der Waals surface area (Å²) in [7, 11) is 1.93. The van der Waals surface area contributed by atoms with Crippen molar-refractivity contribution in [3.05, 3.63) is 39.4 Å². The van der Waals surface area contributed by atoms with Crippen molar-refractivity contribution in [1.29, 1.82) is 0 Å². The van der Waals surface area contributed by atoms with Crippen LogP contribution in [0.3, 0.4) is 0 Å². The standard InChI is InChI=1S/C12H15Cl2N/c1-8(9(2)15-3)7-10-11(13)5-4-6-12(10)14/h4-7,9,15H,1-3H3/b8-7+. The highest BCUT2D eigenvalue weighted by Gasteiger charge is 2.05.